The summed E-state index contributed by atoms with van der Waals surface area (Å²) in [6.45, 7) is 6.36. The van der Waals surface area contributed by atoms with Gasteiger partial charge >= 0.3 is 6.18 Å². The van der Waals surface area contributed by atoms with Crippen LogP contribution in [-0.4, -0.2) is 11.0 Å². The van der Waals surface area contributed by atoms with Gasteiger partial charge < -0.3 is 5.32 Å². The second-order valence-corrected chi connectivity index (χ2v) is 6.86. The van der Waals surface area contributed by atoms with Crippen LogP contribution in [0.4, 0.5) is 13.2 Å². The quantitative estimate of drug-likeness (QED) is 0.257. The maximum atomic E-state index is 12.6. The summed E-state index contributed by atoms with van der Waals surface area (Å²) in [6.07, 6.45) is 5.61. The van der Waals surface area contributed by atoms with Gasteiger partial charge in [-0.1, -0.05) is 62.5 Å². The molecule has 138 valence electrons. The second-order valence-electron chi connectivity index (χ2n) is 6.42. The molecule has 25 heavy (non-hydrogen) atoms. The SMILES string of the molecule is CC(C)C(C)NC(=S)/C=C/C=C/CCCc1cccc(C(F)(F)F)c1. The van der Waals surface area contributed by atoms with E-state index >= 15 is 0 Å². The smallest absolute Gasteiger partial charge is 0.374 e. The fourth-order valence-corrected chi connectivity index (χ4v) is 2.35. The molecule has 0 aliphatic carbocycles. The van der Waals surface area contributed by atoms with Crippen LogP contribution in [0, 0.1) is 5.92 Å². The van der Waals surface area contributed by atoms with Crippen molar-refractivity contribution < 1.29 is 13.2 Å². The number of hydrogen-bond acceptors (Lipinski definition) is 1. The van der Waals surface area contributed by atoms with Crippen molar-refractivity contribution in [3.05, 3.63) is 59.7 Å². The Morgan fingerprint density at radius 2 is 1.92 bits per heavy atom. The maximum Gasteiger partial charge on any atom is 0.416 e. The van der Waals surface area contributed by atoms with Crippen LogP contribution in [0.25, 0.3) is 0 Å². The summed E-state index contributed by atoms with van der Waals surface area (Å²) in [4.78, 5) is 0.704. The molecule has 0 aliphatic rings. The van der Waals surface area contributed by atoms with Gasteiger partial charge in [-0.15, -0.1) is 0 Å². The Morgan fingerprint density at radius 1 is 1.20 bits per heavy atom. The fraction of sp³-hybridized carbons (Fsp3) is 0.450. The van der Waals surface area contributed by atoms with Gasteiger partial charge in [-0.25, -0.2) is 0 Å². The molecule has 1 aromatic rings. The number of aryl methyl sites for hydroxylation is 1. The molecular weight excluding hydrogens is 343 g/mol. The topological polar surface area (TPSA) is 12.0 Å². The number of hydrogen-bond donors (Lipinski definition) is 1. The van der Waals surface area contributed by atoms with E-state index in [1.54, 1.807) is 6.07 Å². The molecule has 0 spiro atoms. The first-order valence-electron chi connectivity index (χ1n) is 8.50. The van der Waals surface area contributed by atoms with Gasteiger partial charge in [0.1, 0.15) is 0 Å². The molecule has 0 bridgehead atoms. The summed E-state index contributed by atoms with van der Waals surface area (Å²) in [5, 5.41) is 3.24. The van der Waals surface area contributed by atoms with Crippen LogP contribution in [-0.2, 0) is 12.6 Å². The molecule has 1 rings (SSSR count). The van der Waals surface area contributed by atoms with Crippen molar-refractivity contribution in [3.8, 4) is 0 Å². The average molecular weight is 369 g/mol. The van der Waals surface area contributed by atoms with Crippen molar-refractivity contribution in [2.24, 2.45) is 5.92 Å². The third-order valence-electron chi connectivity index (χ3n) is 3.96. The molecule has 0 aromatic heterocycles. The van der Waals surface area contributed by atoms with E-state index in [2.05, 4.69) is 26.1 Å². The Kier molecular flexibility index (Phi) is 8.90. The Hall–Kier alpha value is -1.62. The third-order valence-corrected chi connectivity index (χ3v) is 4.21. The standard InChI is InChI=1S/C20H26F3NS/c1-15(2)16(3)24-19(25)13-8-6-4-5-7-10-17-11-9-12-18(14-17)20(21,22)23/h4,6,8-9,11-16H,5,7,10H2,1-3H3,(H,24,25)/b6-4+,13-8+. The van der Waals surface area contributed by atoms with Crippen molar-refractivity contribution in [1.29, 1.82) is 0 Å². The zero-order valence-corrected chi connectivity index (χ0v) is 15.8. The zero-order chi connectivity index (χ0) is 18.9. The Morgan fingerprint density at radius 3 is 2.56 bits per heavy atom. The number of rotatable bonds is 8. The van der Waals surface area contributed by atoms with Crippen LogP contribution in [0.1, 0.15) is 44.7 Å². The molecule has 1 aromatic carbocycles. The number of nitrogens with one attached hydrogen (secondary N) is 1. The highest BCUT2D eigenvalue weighted by atomic mass is 32.1. The van der Waals surface area contributed by atoms with Crippen LogP contribution in [0.5, 0.6) is 0 Å². The monoisotopic (exact) mass is 369 g/mol. The van der Waals surface area contributed by atoms with Crippen LogP contribution < -0.4 is 5.32 Å². The number of benzene rings is 1. The van der Waals surface area contributed by atoms with Crippen LogP contribution in [0.3, 0.4) is 0 Å². The molecular formula is C20H26F3NS. The van der Waals surface area contributed by atoms with E-state index in [0.717, 1.165) is 18.9 Å². The van der Waals surface area contributed by atoms with Crippen molar-refractivity contribution in [2.45, 2.75) is 52.3 Å². The van der Waals surface area contributed by atoms with Gasteiger partial charge in [0.05, 0.1) is 10.6 Å². The van der Waals surface area contributed by atoms with E-state index in [1.165, 1.54) is 12.1 Å². The van der Waals surface area contributed by atoms with Crippen LogP contribution in [0.15, 0.2) is 48.6 Å². The molecule has 1 unspecified atom stereocenters. The summed E-state index contributed by atoms with van der Waals surface area (Å²) >= 11 is 5.23. The zero-order valence-electron chi connectivity index (χ0n) is 14.9. The van der Waals surface area contributed by atoms with Crippen molar-refractivity contribution in [3.63, 3.8) is 0 Å². The van der Waals surface area contributed by atoms with Gasteiger partial charge in [0.15, 0.2) is 0 Å². The summed E-state index contributed by atoms with van der Waals surface area (Å²) < 4.78 is 37.9. The van der Waals surface area contributed by atoms with Gasteiger partial charge in [0.25, 0.3) is 0 Å². The molecule has 5 heteroatoms. The number of allylic oxidation sites excluding steroid dienone is 3. The highest BCUT2D eigenvalue weighted by molar-refractivity contribution is 7.80. The maximum absolute atomic E-state index is 12.6. The highest BCUT2D eigenvalue weighted by Gasteiger charge is 2.30. The summed E-state index contributed by atoms with van der Waals surface area (Å²) in [7, 11) is 0. The van der Waals surface area contributed by atoms with E-state index in [-0.39, 0.29) is 0 Å². The predicted octanol–water partition coefficient (Wildman–Crippen LogP) is 6.10. The molecule has 0 heterocycles. The minimum absolute atomic E-state index is 0.327. The summed E-state index contributed by atoms with van der Waals surface area (Å²) in [5.41, 5.74) is 0.131. The van der Waals surface area contributed by atoms with Gasteiger partial charge in [-0.05, 0) is 49.8 Å². The number of thiocarbonyl (C=S) groups is 1. The van der Waals surface area contributed by atoms with Crippen molar-refractivity contribution in [2.75, 3.05) is 0 Å². The lowest BCUT2D eigenvalue weighted by atomic mass is 10.0. The Balaban J connectivity index is 2.33. The molecule has 1 N–H and O–H groups in total. The minimum Gasteiger partial charge on any atom is -0.374 e. The first-order valence-corrected chi connectivity index (χ1v) is 8.91. The predicted molar refractivity (Wildman–Crippen MR) is 103 cm³/mol. The van der Waals surface area contributed by atoms with E-state index in [1.807, 2.05) is 24.3 Å². The number of unbranched alkanes of at least 4 members (excludes halogenated alkanes) is 1. The molecule has 0 saturated heterocycles. The van der Waals surface area contributed by atoms with Crippen LogP contribution in [0.2, 0.25) is 0 Å². The normalized spacial score (nSPS) is 13.7. The number of halogens is 3. The molecule has 0 amide bonds. The first kappa shape index (κ1) is 21.4. The lowest BCUT2D eigenvalue weighted by molar-refractivity contribution is -0.137. The molecule has 1 atom stereocenters. The van der Waals surface area contributed by atoms with Gasteiger partial charge in [-0.3, -0.25) is 0 Å². The van der Waals surface area contributed by atoms with E-state index in [0.29, 0.717) is 28.9 Å². The van der Waals surface area contributed by atoms with Crippen molar-refractivity contribution in [1.82, 2.24) is 5.32 Å². The van der Waals surface area contributed by atoms with Gasteiger partial charge in [-0.2, -0.15) is 13.2 Å². The lowest BCUT2D eigenvalue weighted by Crippen LogP contribution is -2.33. The highest BCUT2D eigenvalue weighted by Crippen LogP contribution is 2.29. The second kappa shape index (κ2) is 10.4. The van der Waals surface area contributed by atoms with E-state index < -0.39 is 11.7 Å². The molecule has 0 fully saturated rings. The molecule has 0 saturated carbocycles. The van der Waals surface area contributed by atoms with Crippen LogP contribution >= 0.6 is 12.2 Å². The van der Waals surface area contributed by atoms with E-state index in [9.17, 15) is 13.2 Å². The molecule has 0 radical (unpaired) electrons. The Labute approximate surface area is 154 Å². The molecule has 1 nitrogen and oxygen atoms in total. The summed E-state index contributed by atoms with van der Waals surface area (Å²) in [5.74, 6) is 0.512. The number of alkyl halides is 3. The van der Waals surface area contributed by atoms with Gasteiger partial charge in [0, 0.05) is 6.04 Å². The van der Waals surface area contributed by atoms with Crippen molar-refractivity contribution >= 4 is 17.2 Å². The summed E-state index contributed by atoms with van der Waals surface area (Å²) in [6, 6.07) is 5.85. The average Bonchev–Trinajstić information content (AvgIpc) is 2.53. The first-order chi connectivity index (χ1) is 11.7. The largest absolute Gasteiger partial charge is 0.416 e. The lowest BCUT2D eigenvalue weighted by Gasteiger charge is -2.17. The van der Waals surface area contributed by atoms with E-state index in [4.69, 9.17) is 12.2 Å². The van der Waals surface area contributed by atoms with Gasteiger partial charge in [0.2, 0.25) is 0 Å². The molecule has 0 aliphatic heterocycles. The minimum atomic E-state index is -4.28. The Bertz CT molecular complexity index is 603. The third kappa shape index (κ3) is 8.87. The fourth-order valence-electron chi connectivity index (χ4n) is 2.08.